The summed E-state index contributed by atoms with van der Waals surface area (Å²) in [7, 11) is 0. The normalized spacial score (nSPS) is 16.3. The fourth-order valence-corrected chi connectivity index (χ4v) is 2.89. The molecule has 1 N–H and O–H groups in total. The first-order valence-electron chi connectivity index (χ1n) is 7.40. The Kier molecular flexibility index (Phi) is 5.84. The fourth-order valence-electron chi connectivity index (χ4n) is 2.53. The van der Waals surface area contributed by atoms with Gasteiger partial charge in [0, 0.05) is 30.1 Å². The molecule has 1 aromatic carbocycles. The molecule has 0 radical (unpaired) electrons. The van der Waals surface area contributed by atoms with Crippen molar-refractivity contribution in [3.05, 3.63) is 39.9 Å². The van der Waals surface area contributed by atoms with Crippen molar-refractivity contribution in [2.45, 2.75) is 32.7 Å². The van der Waals surface area contributed by atoms with E-state index < -0.39 is 0 Å². The van der Waals surface area contributed by atoms with E-state index in [-0.39, 0.29) is 0 Å². The monoisotopic (exact) mass is 347 g/mol. The molecule has 0 bridgehead atoms. The van der Waals surface area contributed by atoms with Crippen LogP contribution in [0.25, 0.3) is 0 Å². The molecule has 1 fully saturated rings. The van der Waals surface area contributed by atoms with Crippen LogP contribution in [0.4, 0.5) is 5.69 Å². The molecule has 0 aliphatic carbocycles. The van der Waals surface area contributed by atoms with Gasteiger partial charge in [-0.1, -0.05) is 27.6 Å². The first-order chi connectivity index (χ1) is 10.1. The zero-order chi connectivity index (χ0) is 15.2. The van der Waals surface area contributed by atoms with Gasteiger partial charge in [0.15, 0.2) is 0 Å². The van der Waals surface area contributed by atoms with E-state index in [4.69, 9.17) is 0 Å². The molecule has 2 rings (SSSR count). The minimum absolute atomic E-state index is 0.459. The largest absolute Gasteiger partial charge is 0.381 e. The van der Waals surface area contributed by atoms with Crippen molar-refractivity contribution in [2.24, 2.45) is 0 Å². The highest BCUT2D eigenvalue weighted by molar-refractivity contribution is 9.10. The van der Waals surface area contributed by atoms with Gasteiger partial charge in [-0.05, 0) is 44.9 Å². The quantitative estimate of drug-likeness (QED) is 0.831. The van der Waals surface area contributed by atoms with E-state index in [0.29, 0.717) is 11.6 Å². The van der Waals surface area contributed by atoms with E-state index in [0.717, 1.165) is 42.6 Å². The number of nitrogens with one attached hydrogen (secondary N) is 1. The Labute approximate surface area is 135 Å². The number of hydrogen-bond acceptors (Lipinski definition) is 3. The number of hydrogen-bond donors (Lipinski definition) is 1. The summed E-state index contributed by atoms with van der Waals surface area (Å²) in [4.78, 5) is 2.48. The number of piperidine rings is 1. The second-order valence-corrected chi connectivity index (χ2v) is 6.72. The summed E-state index contributed by atoms with van der Waals surface area (Å²) in [5, 5.41) is 12.7. The van der Waals surface area contributed by atoms with Gasteiger partial charge in [-0.3, -0.25) is 4.90 Å². The SMILES string of the molecule is CC(C)=CCN1CCC(Nc2ccc(Br)cc2C#N)CC1. The van der Waals surface area contributed by atoms with E-state index >= 15 is 0 Å². The molecule has 21 heavy (non-hydrogen) atoms. The summed E-state index contributed by atoms with van der Waals surface area (Å²) < 4.78 is 0.946. The van der Waals surface area contributed by atoms with Crippen LogP contribution in [0.5, 0.6) is 0 Å². The lowest BCUT2D eigenvalue weighted by Gasteiger charge is -2.32. The second-order valence-electron chi connectivity index (χ2n) is 5.80. The molecule has 1 saturated heterocycles. The van der Waals surface area contributed by atoms with Crippen LogP contribution in [0.3, 0.4) is 0 Å². The highest BCUT2D eigenvalue weighted by Crippen LogP contribution is 2.23. The number of halogens is 1. The molecule has 0 atom stereocenters. The zero-order valence-corrected chi connectivity index (χ0v) is 14.3. The van der Waals surface area contributed by atoms with Crippen molar-refractivity contribution < 1.29 is 0 Å². The molecule has 3 nitrogen and oxygen atoms in total. The maximum atomic E-state index is 9.21. The van der Waals surface area contributed by atoms with Gasteiger partial charge in [0.25, 0.3) is 0 Å². The highest BCUT2D eigenvalue weighted by atomic mass is 79.9. The lowest BCUT2D eigenvalue weighted by Crippen LogP contribution is -2.39. The molecule has 1 heterocycles. The standard InChI is InChI=1S/C17H22BrN3/c1-13(2)5-8-21-9-6-16(7-10-21)20-17-4-3-15(18)11-14(17)12-19/h3-5,11,16,20H,6-10H2,1-2H3. The van der Waals surface area contributed by atoms with Gasteiger partial charge in [0.05, 0.1) is 11.3 Å². The Balaban J connectivity index is 1.89. The Morgan fingerprint density at radius 1 is 1.43 bits per heavy atom. The maximum Gasteiger partial charge on any atom is 0.101 e. The lowest BCUT2D eigenvalue weighted by atomic mass is 10.0. The van der Waals surface area contributed by atoms with Gasteiger partial charge in [-0.2, -0.15) is 5.26 Å². The van der Waals surface area contributed by atoms with Gasteiger partial charge >= 0.3 is 0 Å². The van der Waals surface area contributed by atoms with Crippen molar-refractivity contribution in [2.75, 3.05) is 25.0 Å². The first-order valence-corrected chi connectivity index (χ1v) is 8.19. The van der Waals surface area contributed by atoms with Crippen LogP contribution in [-0.4, -0.2) is 30.6 Å². The molecule has 0 unspecified atom stereocenters. The maximum absolute atomic E-state index is 9.21. The summed E-state index contributed by atoms with van der Waals surface area (Å²) in [5.41, 5.74) is 3.03. The molecule has 0 amide bonds. The van der Waals surface area contributed by atoms with Crippen LogP contribution in [0, 0.1) is 11.3 Å². The summed E-state index contributed by atoms with van der Waals surface area (Å²) in [5.74, 6) is 0. The molecular weight excluding hydrogens is 326 g/mol. The van der Waals surface area contributed by atoms with Gasteiger partial charge in [-0.25, -0.2) is 0 Å². The van der Waals surface area contributed by atoms with Crippen molar-refractivity contribution in [1.29, 1.82) is 5.26 Å². The molecule has 1 aliphatic rings. The lowest BCUT2D eigenvalue weighted by molar-refractivity contribution is 0.240. The number of benzene rings is 1. The van der Waals surface area contributed by atoms with Crippen molar-refractivity contribution in [3.63, 3.8) is 0 Å². The molecule has 112 valence electrons. The van der Waals surface area contributed by atoms with Crippen LogP contribution in [0.1, 0.15) is 32.3 Å². The number of rotatable bonds is 4. The molecule has 1 aromatic rings. The second kappa shape index (κ2) is 7.63. The fraction of sp³-hybridized carbons (Fsp3) is 0.471. The number of nitrogens with zero attached hydrogens (tertiary/aromatic N) is 2. The Hall–Kier alpha value is -1.31. The Bertz CT molecular complexity index is 548. The van der Waals surface area contributed by atoms with Crippen LogP contribution >= 0.6 is 15.9 Å². The van der Waals surface area contributed by atoms with Crippen molar-refractivity contribution >= 4 is 21.6 Å². The predicted molar refractivity (Wildman–Crippen MR) is 91.4 cm³/mol. The summed E-state index contributed by atoms with van der Waals surface area (Å²) in [6, 6.07) is 8.55. The highest BCUT2D eigenvalue weighted by Gasteiger charge is 2.19. The first kappa shape index (κ1) is 16.1. The Morgan fingerprint density at radius 3 is 2.76 bits per heavy atom. The number of allylic oxidation sites excluding steroid dienone is 1. The third kappa shape index (κ3) is 4.87. The number of anilines is 1. The van der Waals surface area contributed by atoms with Crippen LogP contribution < -0.4 is 5.32 Å². The van der Waals surface area contributed by atoms with Crippen LogP contribution in [-0.2, 0) is 0 Å². The van der Waals surface area contributed by atoms with Crippen LogP contribution in [0.2, 0.25) is 0 Å². The third-order valence-corrected chi connectivity index (χ3v) is 4.30. The molecule has 1 aliphatic heterocycles. The molecular formula is C17H22BrN3. The Morgan fingerprint density at radius 2 is 2.14 bits per heavy atom. The number of nitriles is 1. The summed E-state index contributed by atoms with van der Waals surface area (Å²) in [6.45, 7) is 7.56. The van der Waals surface area contributed by atoms with Gasteiger partial charge in [-0.15, -0.1) is 0 Å². The smallest absolute Gasteiger partial charge is 0.101 e. The zero-order valence-electron chi connectivity index (χ0n) is 12.7. The minimum Gasteiger partial charge on any atom is -0.381 e. The topological polar surface area (TPSA) is 39.1 Å². The van der Waals surface area contributed by atoms with E-state index in [1.807, 2.05) is 18.2 Å². The third-order valence-electron chi connectivity index (χ3n) is 3.81. The summed E-state index contributed by atoms with van der Waals surface area (Å²) in [6.07, 6.45) is 4.53. The minimum atomic E-state index is 0.459. The van der Waals surface area contributed by atoms with Crippen molar-refractivity contribution in [3.8, 4) is 6.07 Å². The summed E-state index contributed by atoms with van der Waals surface area (Å²) >= 11 is 3.41. The predicted octanol–water partition coefficient (Wildman–Crippen LogP) is 4.16. The van der Waals surface area contributed by atoms with Gasteiger partial charge < -0.3 is 5.32 Å². The molecule has 4 heteroatoms. The average molecular weight is 348 g/mol. The van der Waals surface area contributed by atoms with Gasteiger partial charge in [0.2, 0.25) is 0 Å². The van der Waals surface area contributed by atoms with Crippen molar-refractivity contribution in [1.82, 2.24) is 4.90 Å². The van der Waals surface area contributed by atoms with E-state index in [9.17, 15) is 5.26 Å². The molecule has 0 aromatic heterocycles. The molecule has 0 spiro atoms. The molecule has 0 saturated carbocycles. The average Bonchev–Trinajstić information content (AvgIpc) is 2.48. The van der Waals surface area contributed by atoms with E-state index in [1.54, 1.807) is 0 Å². The number of likely N-dealkylation sites (tertiary alicyclic amines) is 1. The van der Waals surface area contributed by atoms with Crippen LogP contribution in [0.15, 0.2) is 34.3 Å². The van der Waals surface area contributed by atoms with E-state index in [2.05, 4.69) is 52.1 Å². The van der Waals surface area contributed by atoms with E-state index in [1.165, 1.54) is 5.57 Å². The van der Waals surface area contributed by atoms with Gasteiger partial charge in [0.1, 0.15) is 6.07 Å².